The van der Waals surface area contributed by atoms with Crippen molar-refractivity contribution < 1.29 is 32.7 Å². The molecule has 1 saturated heterocycles. The van der Waals surface area contributed by atoms with Crippen LogP contribution in [0.25, 0.3) is 11.3 Å². The molecule has 3 unspecified atom stereocenters. The third kappa shape index (κ3) is 9.92. The average molecular weight is 692 g/mol. The second kappa shape index (κ2) is 15.9. The number of likely N-dealkylation sites (tertiary alicyclic amines) is 1. The highest BCUT2D eigenvalue weighted by Crippen LogP contribution is 2.28. The maximum Gasteiger partial charge on any atom is 0.410 e. The van der Waals surface area contributed by atoms with Gasteiger partial charge in [-0.25, -0.2) is 14.2 Å². The van der Waals surface area contributed by atoms with Crippen molar-refractivity contribution in [3.05, 3.63) is 78.1 Å². The molecule has 1 aliphatic heterocycles. The number of rotatable bonds is 11. The van der Waals surface area contributed by atoms with E-state index in [1.165, 1.54) is 30.3 Å². The molecule has 1 aliphatic rings. The molecule has 11 nitrogen and oxygen atoms in total. The van der Waals surface area contributed by atoms with Gasteiger partial charge in [-0.2, -0.15) is 0 Å². The summed E-state index contributed by atoms with van der Waals surface area (Å²) in [7, 11) is 1.48. The van der Waals surface area contributed by atoms with Crippen molar-refractivity contribution in [1.82, 2.24) is 25.0 Å². The molecule has 1 N–H and O–H groups in total. The van der Waals surface area contributed by atoms with Crippen LogP contribution in [0.1, 0.15) is 77.6 Å². The summed E-state index contributed by atoms with van der Waals surface area (Å²) in [5.74, 6) is -1.14. The van der Waals surface area contributed by atoms with Crippen LogP contribution in [-0.4, -0.2) is 93.9 Å². The van der Waals surface area contributed by atoms with E-state index in [0.29, 0.717) is 25.1 Å². The Bertz CT molecular complexity index is 1630. The van der Waals surface area contributed by atoms with Crippen LogP contribution >= 0.6 is 0 Å². The van der Waals surface area contributed by atoms with Gasteiger partial charge in [-0.05, 0) is 70.1 Å². The van der Waals surface area contributed by atoms with Gasteiger partial charge in [0.25, 0.3) is 5.89 Å². The molecule has 1 aromatic heterocycles. The summed E-state index contributed by atoms with van der Waals surface area (Å²) < 4.78 is 24.9. The van der Waals surface area contributed by atoms with Gasteiger partial charge in [0.2, 0.25) is 11.8 Å². The Balaban J connectivity index is 1.53. The molecule has 4 amide bonds. The van der Waals surface area contributed by atoms with Gasteiger partial charge in [-0.15, -0.1) is 0 Å². The molecule has 0 aliphatic carbocycles. The number of carbonyl (C=O) groups is 4. The van der Waals surface area contributed by atoms with Crippen molar-refractivity contribution in [1.29, 1.82) is 0 Å². The van der Waals surface area contributed by atoms with Crippen molar-refractivity contribution >= 4 is 23.8 Å². The van der Waals surface area contributed by atoms with Crippen LogP contribution in [0.2, 0.25) is 0 Å². The highest BCUT2D eigenvalue weighted by atomic mass is 19.1. The van der Waals surface area contributed by atoms with Crippen LogP contribution in [0.4, 0.5) is 9.18 Å². The molecule has 2 heterocycles. The molecule has 50 heavy (non-hydrogen) atoms. The number of carbonyl (C=O) groups excluding carboxylic acids is 4. The number of benzene rings is 2. The zero-order valence-electron chi connectivity index (χ0n) is 30.4. The molecule has 1 fully saturated rings. The molecule has 3 aromatic rings. The summed E-state index contributed by atoms with van der Waals surface area (Å²) in [6.45, 7) is 13.4. The Kier molecular flexibility index (Phi) is 12.1. The fourth-order valence-corrected chi connectivity index (χ4v) is 5.75. The number of ether oxygens (including phenoxy) is 1. The van der Waals surface area contributed by atoms with Crippen LogP contribution in [0.15, 0.2) is 65.2 Å². The SMILES string of the molecule is CC(C(=O)NC(C(=O)N1CCCC1CN(CCc1ccc(F)cc1)C(=O)c1ncc(-c2ccccc2)o1)C(C)(C)C)N(C)C(=O)OC(C)(C)C. The van der Waals surface area contributed by atoms with Gasteiger partial charge in [0, 0.05) is 38.3 Å². The van der Waals surface area contributed by atoms with E-state index in [1.54, 1.807) is 49.6 Å². The maximum absolute atomic E-state index is 14.3. The first kappa shape index (κ1) is 38.1. The van der Waals surface area contributed by atoms with Crippen molar-refractivity contribution in [2.45, 2.75) is 91.5 Å². The highest BCUT2D eigenvalue weighted by molar-refractivity contribution is 5.92. The molecule has 0 saturated carbocycles. The maximum atomic E-state index is 14.3. The minimum Gasteiger partial charge on any atom is -0.444 e. The topological polar surface area (TPSA) is 125 Å². The third-order valence-corrected chi connectivity index (χ3v) is 8.75. The van der Waals surface area contributed by atoms with Gasteiger partial charge in [0.05, 0.1) is 6.20 Å². The van der Waals surface area contributed by atoms with Crippen LogP contribution in [0, 0.1) is 11.2 Å². The van der Waals surface area contributed by atoms with Crippen molar-refractivity contribution in [2.24, 2.45) is 5.41 Å². The Morgan fingerprint density at radius 1 is 1.04 bits per heavy atom. The molecule has 3 atom stereocenters. The Morgan fingerprint density at radius 3 is 2.32 bits per heavy atom. The number of amides is 4. The molecule has 0 radical (unpaired) electrons. The average Bonchev–Trinajstić information content (AvgIpc) is 3.74. The lowest BCUT2D eigenvalue weighted by atomic mass is 9.85. The number of aromatic nitrogens is 1. The minimum absolute atomic E-state index is 0.0678. The number of nitrogens with one attached hydrogen (secondary N) is 1. The van der Waals surface area contributed by atoms with E-state index in [0.717, 1.165) is 17.5 Å². The normalized spacial score (nSPS) is 16.0. The molecule has 270 valence electrons. The van der Waals surface area contributed by atoms with Crippen LogP contribution in [0.3, 0.4) is 0 Å². The van der Waals surface area contributed by atoms with Gasteiger partial charge in [0.1, 0.15) is 23.5 Å². The quantitative estimate of drug-likeness (QED) is 0.264. The van der Waals surface area contributed by atoms with Crippen molar-refractivity contribution in [2.75, 3.05) is 26.7 Å². The molecular weight excluding hydrogens is 641 g/mol. The summed E-state index contributed by atoms with van der Waals surface area (Å²) >= 11 is 0. The van der Waals surface area contributed by atoms with E-state index >= 15 is 0 Å². The second-order valence-electron chi connectivity index (χ2n) is 14.9. The van der Waals surface area contributed by atoms with Gasteiger partial charge < -0.3 is 24.3 Å². The lowest BCUT2D eigenvalue weighted by Gasteiger charge is -2.38. The number of hydrogen-bond donors (Lipinski definition) is 1. The van der Waals surface area contributed by atoms with E-state index in [1.807, 2.05) is 51.1 Å². The number of halogens is 1. The minimum atomic E-state index is -0.909. The summed E-state index contributed by atoms with van der Waals surface area (Å²) in [5, 5.41) is 2.91. The monoisotopic (exact) mass is 691 g/mol. The van der Waals surface area contributed by atoms with Gasteiger partial charge in [-0.3, -0.25) is 19.3 Å². The molecular formula is C38H50FN5O6. The number of nitrogens with zero attached hydrogens (tertiary/aromatic N) is 4. The van der Waals surface area contributed by atoms with Crippen molar-refractivity contribution in [3.63, 3.8) is 0 Å². The Morgan fingerprint density at radius 2 is 1.70 bits per heavy atom. The number of likely N-dealkylation sites (N-methyl/N-ethyl adjacent to an activating group) is 1. The van der Waals surface area contributed by atoms with Crippen LogP contribution < -0.4 is 5.32 Å². The van der Waals surface area contributed by atoms with E-state index in [2.05, 4.69) is 10.3 Å². The first-order chi connectivity index (χ1) is 23.4. The summed E-state index contributed by atoms with van der Waals surface area (Å²) in [4.78, 5) is 63.2. The molecule has 2 aromatic carbocycles. The molecule has 4 rings (SSSR count). The molecule has 0 bridgehead atoms. The first-order valence-corrected chi connectivity index (χ1v) is 17.1. The Hall–Kier alpha value is -4.74. The number of hydrogen-bond acceptors (Lipinski definition) is 7. The highest BCUT2D eigenvalue weighted by Gasteiger charge is 2.42. The summed E-state index contributed by atoms with van der Waals surface area (Å²) in [6, 6.07) is 13.3. The smallest absolute Gasteiger partial charge is 0.410 e. The van der Waals surface area contributed by atoms with E-state index in [9.17, 15) is 23.6 Å². The summed E-state index contributed by atoms with van der Waals surface area (Å²) in [5.41, 5.74) is 0.226. The fourth-order valence-electron chi connectivity index (χ4n) is 5.75. The first-order valence-electron chi connectivity index (χ1n) is 17.1. The predicted octanol–water partition coefficient (Wildman–Crippen LogP) is 5.94. The van der Waals surface area contributed by atoms with Crippen LogP contribution in [0.5, 0.6) is 0 Å². The standard InChI is InChI=1S/C38H50FN5O6/c1-25(42(8)36(48)50-38(5,6)7)32(45)41-31(37(2,3)4)34(46)44-21-12-15-29(44)24-43(22-20-26-16-18-28(39)19-17-26)35(47)33-40-23-30(49-33)27-13-10-9-11-14-27/h9-11,13-14,16-19,23,25,29,31H,12,15,20-22,24H2,1-8H3,(H,41,45). The lowest BCUT2D eigenvalue weighted by molar-refractivity contribution is -0.141. The lowest BCUT2D eigenvalue weighted by Crippen LogP contribution is -2.59. The predicted molar refractivity (Wildman–Crippen MR) is 188 cm³/mol. The van der Waals surface area contributed by atoms with E-state index < -0.39 is 41.0 Å². The third-order valence-electron chi connectivity index (χ3n) is 8.75. The van der Waals surface area contributed by atoms with E-state index in [-0.39, 0.29) is 36.7 Å². The molecule has 0 spiro atoms. The van der Waals surface area contributed by atoms with E-state index in [4.69, 9.17) is 9.15 Å². The zero-order chi connectivity index (χ0) is 36.8. The number of oxazole rings is 1. The fraction of sp³-hybridized carbons (Fsp3) is 0.500. The van der Waals surface area contributed by atoms with Crippen molar-refractivity contribution in [3.8, 4) is 11.3 Å². The molecule has 12 heteroatoms. The van der Waals surface area contributed by atoms with Gasteiger partial charge in [-0.1, -0.05) is 63.2 Å². The van der Waals surface area contributed by atoms with Crippen LogP contribution in [-0.2, 0) is 20.7 Å². The Labute approximate surface area is 294 Å². The summed E-state index contributed by atoms with van der Waals surface area (Å²) in [6.07, 6.45) is 2.68. The second-order valence-corrected chi connectivity index (χ2v) is 14.9. The largest absolute Gasteiger partial charge is 0.444 e. The van der Waals surface area contributed by atoms with Gasteiger partial charge in [0.15, 0.2) is 5.76 Å². The van der Waals surface area contributed by atoms with Gasteiger partial charge >= 0.3 is 12.0 Å². The zero-order valence-corrected chi connectivity index (χ0v) is 30.4.